The van der Waals surface area contributed by atoms with Gasteiger partial charge in [-0.25, -0.2) is 9.59 Å². The SMILES string of the molecule is CCC(N)(NC(=O)OC(C)(C)C)C(=O)O. The number of hydrogen-bond donors (Lipinski definition) is 3. The molecule has 6 nitrogen and oxygen atoms in total. The summed E-state index contributed by atoms with van der Waals surface area (Å²) in [6.45, 7) is 6.60. The number of carbonyl (C=O) groups excluding carboxylic acids is 1. The van der Waals surface area contributed by atoms with E-state index in [1.807, 2.05) is 0 Å². The van der Waals surface area contributed by atoms with Gasteiger partial charge in [-0.1, -0.05) is 6.92 Å². The lowest BCUT2D eigenvalue weighted by atomic mass is 10.1. The molecule has 0 rings (SSSR count). The van der Waals surface area contributed by atoms with E-state index in [-0.39, 0.29) is 6.42 Å². The minimum Gasteiger partial charge on any atom is -0.478 e. The Labute approximate surface area is 88.8 Å². The molecule has 1 amide bonds. The van der Waals surface area contributed by atoms with Gasteiger partial charge in [0.05, 0.1) is 0 Å². The molecule has 0 bridgehead atoms. The Hall–Kier alpha value is -1.30. The molecule has 15 heavy (non-hydrogen) atoms. The van der Waals surface area contributed by atoms with Crippen LogP contribution < -0.4 is 11.1 Å². The van der Waals surface area contributed by atoms with Crippen molar-refractivity contribution in [1.82, 2.24) is 5.32 Å². The number of carboxylic acids is 1. The van der Waals surface area contributed by atoms with E-state index in [1.165, 1.54) is 0 Å². The number of alkyl carbamates (subject to hydrolysis) is 1. The maximum Gasteiger partial charge on any atom is 0.409 e. The van der Waals surface area contributed by atoms with Crippen molar-refractivity contribution >= 4 is 12.1 Å². The highest BCUT2D eigenvalue weighted by molar-refractivity contribution is 5.83. The first-order valence-electron chi connectivity index (χ1n) is 4.64. The van der Waals surface area contributed by atoms with Crippen molar-refractivity contribution < 1.29 is 19.4 Å². The van der Waals surface area contributed by atoms with E-state index in [0.717, 1.165) is 0 Å². The predicted molar refractivity (Wildman–Crippen MR) is 54.2 cm³/mol. The molecule has 0 aliphatic carbocycles. The number of amides is 1. The van der Waals surface area contributed by atoms with Gasteiger partial charge >= 0.3 is 12.1 Å². The maximum absolute atomic E-state index is 11.3. The normalized spacial score (nSPS) is 15.3. The predicted octanol–water partition coefficient (Wildman–Crippen LogP) is 0.661. The molecule has 0 radical (unpaired) electrons. The Bertz CT molecular complexity index is 259. The van der Waals surface area contributed by atoms with Crippen LogP contribution in [-0.4, -0.2) is 28.4 Å². The van der Waals surface area contributed by atoms with Gasteiger partial charge in [0.15, 0.2) is 5.66 Å². The summed E-state index contributed by atoms with van der Waals surface area (Å²) in [5.74, 6) is -1.30. The van der Waals surface area contributed by atoms with Crippen molar-refractivity contribution in [2.45, 2.75) is 45.4 Å². The molecular formula is C9H18N2O4. The lowest BCUT2D eigenvalue weighted by molar-refractivity contribution is -0.144. The highest BCUT2D eigenvalue weighted by Crippen LogP contribution is 2.09. The average Bonchev–Trinajstić information content (AvgIpc) is 1.99. The fraction of sp³-hybridized carbons (Fsp3) is 0.778. The molecule has 4 N–H and O–H groups in total. The van der Waals surface area contributed by atoms with E-state index in [1.54, 1.807) is 27.7 Å². The zero-order valence-electron chi connectivity index (χ0n) is 9.46. The molecule has 0 aliphatic rings. The Balaban J connectivity index is 4.45. The van der Waals surface area contributed by atoms with E-state index in [9.17, 15) is 9.59 Å². The molecular weight excluding hydrogens is 200 g/mol. The van der Waals surface area contributed by atoms with Crippen LogP contribution in [0, 0.1) is 0 Å². The van der Waals surface area contributed by atoms with Gasteiger partial charge in [-0.15, -0.1) is 0 Å². The van der Waals surface area contributed by atoms with Gasteiger partial charge in [0.25, 0.3) is 0 Å². The highest BCUT2D eigenvalue weighted by atomic mass is 16.6. The van der Waals surface area contributed by atoms with Crippen LogP contribution in [0.5, 0.6) is 0 Å². The van der Waals surface area contributed by atoms with Crippen LogP contribution in [0.2, 0.25) is 0 Å². The molecule has 6 heteroatoms. The monoisotopic (exact) mass is 218 g/mol. The molecule has 0 aliphatic heterocycles. The largest absolute Gasteiger partial charge is 0.478 e. The molecule has 0 heterocycles. The van der Waals surface area contributed by atoms with Gasteiger partial charge in [-0.3, -0.25) is 11.1 Å². The van der Waals surface area contributed by atoms with E-state index >= 15 is 0 Å². The molecule has 0 aromatic rings. The summed E-state index contributed by atoms with van der Waals surface area (Å²) in [7, 11) is 0. The first-order chi connectivity index (χ1) is 6.60. The van der Waals surface area contributed by atoms with E-state index < -0.39 is 23.3 Å². The number of hydrogen-bond acceptors (Lipinski definition) is 4. The van der Waals surface area contributed by atoms with Crippen LogP contribution in [0.4, 0.5) is 4.79 Å². The number of ether oxygens (including phenoxy) is 1. The van der Waals surface area contributed by atoms with E-state index in [4.69, 9.17) is 15.6 Å². The number of nitrogens with two attached hydrogens (primary N) is 1. The van der Waals surface area contributed by atoms with Crippen LogP contribution in [0.25, 0.3) is 0 Å². The second-order valence-corrected chi connectivity index (χ2v) is 4.26. The summed E-state index contributed by atoms with van der Waals surface area (Å²) in [6, 6.07) is 0. The zero-order valence-corrected chi connectivity index (χ0v) is 9.46. The number of aliphatic carboxylic acids is 1. The van der Waals surface area contributed by atoms with Crippen molar-refractivity contribution in [3.8, 4) is 0 Å². The Morgan fingerprint density at radius 2 is 1.87 bits per heavy atom. The molecule has 0 aromatic carbocycles. The second kappa shape index (κ2) is 4.48. The Kier molecular flexibility index (Phi) is 4.09. The smallest absolute Gasteiger partial charge is 0.409 e. The van der Waals surface area contributed by atoms with Gasteiger partial charge in [0, 0.05) is 0 Å². The number of carbonyl (C=O) groups is 2. The van der Waals surface area contributed by atoms with Crippen molar-refractivity contribution in [2.75, 3.05) is 0 Å². The van der Waals surface area contributed by atoms with Gasteiger partial charge in [-0.2, -0.15) is 0 Å². The standard InChI is InChI=1S/C9H18N2O4/c1-5-9(10,6(12)13)11-7(14)15-8(2,3)4/h5,10H2,1-4H3,(H,11,14)(H,12,13). The number of carboxylic acid groups (broad SMARTS) is 1. The molecule has 0 fully saturated rings. The summed E-state index contributed by atoms with van der Waals surface area (Å²) < 4.78 is 4.89. The van der Waals surface area contributed by atoms with Gasteiger partial charge in [0.2, 0.25) is 0 Å². The third kappa shape index (κ3) is 4.64. The quantitative estimate of drug-likeness (QED) is 0.604. The summed E-state index contributed by atoms with van der Waals surface area (Å²) >= 11 is 0. The summed E-state index contributed by atoms with van der Waals surface area (Å²) in [4.78, 5) is 22.0. The lowest BCUT2D eigenvalue weighted by Crippen LogP contribution is -2.61. The molecule has 1 atom stereocenters. The van der Waals surface area contributed by atoms with Crippen LogP contribution >= 0.6 is 0 Å². The molecule has 1 unspecified atom stereocenters. The fourth-order valence-electron chi connectivity index (χ4n) is 0.779. The fourth-order valence-corrected chi connectivity index (χ4v) is 0.779. The molecule has 88 valence electrons. The third-order valence-electron chi connectivity index (χ3n) is 1.66. The number of rotatable bonds is 3. The van der Waals surface area contributed by atoms with E-state index in [0.29, 0.717) is 0 Å². The summed E-state index contributed by atoms with van der Waals surface area (Å²) in [5.41, 5.74) is 2.99. The molecule has 0 spiro atoms. The Morgan fingerprint density at radius 3 is 2.13 bits per heavy atom. The van der Waals surface area contributed by atoms with E-state index in [2.05, 4.69) is 5.32 Å². The highest BCUT2D eigenvalue weighted by Gasteiger charge is 2.35. The first kappa shape index (κ1) is 13.7. The topological polar surface area (TPSA) is 102 Å². The van der Waals surface area contributed by atoms with Gasteiger partial charge in [0.1, 0.15) is 5.60 Å². The summed E-state index contributed by atoms with van der Waals surface area (Å²) in [5, 5.41) is 10.9. The minimum atomic E-state index is -1.78. The first-order valence-corrected chi connectivity index (χ1v) is 4.64. The lowest BCUT2D eigenvalue weighted by Gasteiger charge is -2.27. The maximum atomic E-state index is 11.3. The zero-order chi connectivity index (χ0) is 12.3. The third-order valence-corrected chi connectivity index (χ3v) is 1.66. The molecule has 0 aromatic heterocycles. The summed E-state index contributed by atoms with van der Waals surface area (Å²) in [6.07, 6.45) is -0.768. The Morgan fingerprint density at radius 1 is 1.40 bits per heavy atom. The number of nitrogens with one attached hydrogen (secondary N) is 1. The van der Waals surface area contributed by atoms with Crippen LogP contribution in [0.3, 0.4) is 0 Å². The molecule has 0 saturated heterocycles. The van der Waals surface area contributed by atoms with Gasteiger partial charge < -0.3 is 9.84 Å². The molecule has 0 saturated carbocycles. The minimum absolute atomic E-state index is 0.0710. The van der Waals surface area contributed by atoms with Crippen LogP contribution in [0.1, 0.15) is 34.1 Å². The van der Waals surface area contributed by atoms with Gasteiger partial charge in [-0.05, 0) is 27.2 Å². The second-order valence-electron chi connectivity index (χ2n) is 4.26. The van der Waals surface area contributed by atoms with Crippen LogP contribution in [0.15, 0.2) is 0 Å². The van der Waals surface area contributed by atoms with Crippen molar-refractivity contribution in [1.29, 1.82) is 0 Å². The van der Waals surface area contributed by atoms with Crippen LogP contribution in [-0.2, 0) is 9.53 Å². The van der Waals surface area contributed by atoms with Crippen molar-refractivity contribution in [2.24, 2.45) is 5.73 Å². The average molecular weight is 218 g/mol. The van der Waals surface area contributed by atoms with Crippen molar-refractivity contribution in [3.05, 3.63) is 0 Å². The van der Waals surface area contributed by atoms with Crippen molar-refractivity contribution in [3.63, 3.8) is 0 Å².